The summed E-state index contributed by atoms with van der Waals surface area (Å²) in [4.78, 5) is 29.2. The summed E-state index contributed by atoms with van der Waals surface area (Å²) in [6, 6.07) is 13.3. The number of Topliss-reactive ketones (excluding diaryl/α,β-unsaturated/α-hetero) is 1. The number of hydrogen-bond donors (Lipinski definition) is 1. The molecule has 128 valence electrons. The molecule has 5 nitrogen and oxygen atoms in total. The molecule has 0 fully saturated rings. The Morgan fingerprint density at radius 3 is 2.64 bits per heavy atom. The van der Waals surface area contributed by atoms with E-state index in [0.717, 1.165) is 17.3 Å². The third-order valence-corrected chi connectivity index (χ3v) is 4.37. The number of aromatic nitrogens is 2. The molecule has 0 unspecified atom stereocenters. The van der Waals surface area contributed by atoms with Crippen molar-refractivity contribution in [3.05, 3.63) is 70.3 Å². The number of ketones is 1. The lowest BCUT2D eigenvalue weighted by Crippen LogP contribution is -2.28. The molecule has 0 aliphatic heterocycles. The maximum atomic E-state index is 13.9. The molecule has 3 rings (SSSR count). The molecule has 1 aromatic heterocycles. The van der Waals surface area contributed by atoms with Crippen molar-refractivity contribution >= 4 is 28.4 Å². The Kier molecular flexibility index (Phi) is 5.25. The lowest BCUT2D eigenvalue weighted by Gasteiger charge is -2.12. The summed E-state index contributed by atoms with van der Waals surface area (Å²) in [5.74, 6) is -1.12. The number of hydrogen-bond acceptors (Lipinski definition) is 5. The third kappa shape index (κ3) is 3.78. The second-order valence-electron chi connectivity index (χ2n) is 5.40. The Morgan fingerprint density at radius 2 is 1.92 bits per heavy atom. The second kappa shape index (κ2) is 7.58. The average molecular weight is 358 g/mol. The summed E-state index contributed by atoms with van der Waals surface area (Å²) in [5, 5.41) is 9.40. The first kappa shape index (κ1) is 17.3. The van der Waals surface area contributed by atoms with E-state index in [4.69, 9.17) is 0 Å². The van der Waals surface area contributed by atoms with E-state index < -0.39 is 11.4 Å². The van der Waals surface area contributed by atoms with Crippen LogP contribution in [0.4, 0.5) is 4.39 Å². The van der Waals surface area contributed by atoms with Crippen LogP contribution in [0.2, 0.25) is 0 Å². The van der Waals surface area contributed by atoms with Crippen LogP contribution in [0.1, 0.15) is 5.56 Å². The van der Waals surface area contributed by atoms with Gasteiger partial charge in [0.1, 0.15) is 11.3 Å². The van der Waals surface area contributed by atoms with Gasteiger partial charge in [-0.3, -0.25) is 14.2 Å². The number of aliphatic hydroxyl groups excluding tert-OH is 1. The van der Waals surface area contributed by atoms with Crippen molar-refractivity contribution in [2.24, 2.45) is 0 Å². The molecule has 25 heavy (non-hydrogen) atoms. The molecule has 0 saturated carbocycles. The molecule has 1 heterocycles. The minimum absolute atomic E-state index is 0.0600. The van der Waals surface area contributed by atoms with Crippen LogP contribution in [0.15, 0.2) is 58.5 Å². The number of para-hydroxylation sites is 1. The Balaban J connectivity index is 1.99. The highest BCUT2D eigenvalue weighted by molar-refractivity contribution is 7.99. The predicted molar refractivity (Wildman–Crippen MR) is 94.1 cm³/mol. The topological polar surface area (TPSA) is 72.2 Å². The lowest BCUT2D eigenvalue weighted by atomic mass is 10.1. The zero-order valence-electron chi connectivity index (χ0n) is 13.2. The summed E-state index contributed by atoms with van der Waals surface area (Å²) < 4.78 is 15.1. The Hall–Kier alpha value is -2.51. The van der Waals surface area contributed by atoms with Gasteiger partial charge in [-0.05, 0) is 17.7 Å². The van der Waals surface area contributed by atoms with Crippen molar-refractivity contribution in [1.82, 2.24) is 9.55 Å². The Bertz CT molecular complexity index is 973. The van der Waals surface area contributed by atoms with E-state index in [1.165, 1.54) is 22.8 Å². The Morgan fingerprint density at radius 1 is 1.16 bits per heavy atom. The minimum atomic E-state index is -0.614. The van der Waals surface area contributed by atoms with Crippen molar-refractivity contribution in [1.29, 1.82) is 0 Å². The first-order valence-electron chi connectivity index (χ1n) is 7.58. The van der Waals surface area contributed by atoms with Gasteiger partial charge in [-0.2, -0.15) is 0 Å². The molecule has 0 aliphatic carbocycles. The first-order chi connectivity index (χ1) is 12.1. The number of halogens is 1. The van der Waals surface area contributed by atoms with Gasteiger partial charge in [0.25, 0.3) is 5.56 Å². The van der Waals surface area contributed by atoms with E-state index in [9.17, 15) is 19.1 Å². The molecule has 0 bridgehead atoms. The molecule has 3 aromatic rings. The number of rotatable bonds is 6. The molecular formula is C18H15FN2O3S. The fourth-order valence-electron chi connectivity index (χ4n) is 2.55. The van der Waals surface area contributed by atoms with Crippen LogP contribution in [0.25, 0.3) is 10.9 Å². The lowest BCUT2D eigenvalue weighted by molar-refractivity contribution is -0.119. The molecule has 0 radical (unpaired) electrons. The predicted octanol–water partition coefficient (Wildman–Crippen LogP) is 2.39. The number of nitrogens with zero attached hydrogens (tertiary/aromatic N) is 2. The minimum Gasteiger partial charge on any atom is -0.385 e. The van der Waals surface area contributed by atoms with Crippen LogP contribution in [-0.2, 0) is 17.8 Å². The molecule has 0 amide bonds. The van der Waals surface area contributed by atoms with E-state index in [2.05, 4.69) is 4.98 Å². The van der Waals surface area contributed by atoms with Crippen LogP contribution < -0.4 is 5.56 Å². The molecule has 0 atom stereocenters. The quantitative estimate of drug-likeness (QED) is 0.416. The number of carbonyl (C=O) groups is 1. The molecule has 0 saturated heterocycles. The summed E-state index contributed by atoms with van der Waals surface area (Å²) in [6.45, 7) is -0.185. The maximum absolute atomic E-state index is 13.9. The SMILES string of the molecule is O=C(Cc1ccccc1)Cn1c(SCO)nc2c(F)cccc2c1=O. The van der Waals surface area contributed by atoms with Crippen molar-refractivity contribution in [3.63, 3.8) is 0 Å². The monoisotopic (exact) mass is 358 g/mol. The zero-order chi connectivity index (χ0) is 17.8. The van der Waals surface area contributed by atoms with Gasteiger partial charge in [-0.25, -0.2) is 9.37 Å². The maximum Gasteiger partial charge on any atom is 0.262 e. The van der Waals surface area contributed by atoms with Gasteiger partial charge in [0, 0.05) is 6.42 Å². The van der Waals surface area contributed by atoms with Gasteiger partial charge in [0.05, 0.1) is 17.9 Å². The zero-order valence-corrected chi connectivity index (χ0v) is 14.0. The average Bonchev–Trinajstić information content (AvgIpc) is 2.60. The highest BCUT2D eigenvalue weighted by Crippen LogP contribution is 2.19. The van der Waals surface area contributed by atoms with Gasteiger partial charge >= 0.3 is 0 Å². The van der Waals surface area contributed by atoms with Crippen LogP contribution >= 0.6 is 11.8 Å². The smallest absolute Gasteiger partial charge is 0.262 e. The van der Waals surface area contributed by atoms with E-state index in [1.807, 2.05) is 30.3 Å². The van der Waals surface area contributed by atoms with Crippen LogP contribution in [0.5, 0.6) is 0 Å². The number of aliphatic hydroxyl groups is 1. The van der Waals surface area contributed by atoms with Crippen LogP contribution in [-0.4, -0.2) is 26.4 Å². The summed E-state index contributed by atoms with van der Waals surface area (Å²) in [6.07, 6.45) is 0.178. The van der Waals surface area contributed by atoms with E-state index in [1.54, 1.807) is 0 Å². The van der Waals surface area contributed by atoms with Gasteiger partial charge in [-0.15, -0.1) is 0 Å². The van der Waals surface area contributed by atoms with Crippen molar-refractivity contribution < 1.29 is 14.3 Å². The first-order valence-corrected chi connectivity index (χ1v) is 8.57. The van der Waals surface area contributed by atoms with Crippen LogP contribution in [0, 0.1) is 5.82 Å². The van der Waals surface area contributed by atoms with Gasteiger partial charge in [-0.1, -0.05) is 48.2 Å². The molecular weight excluding hydrogens is 343 g/mol. The summed E-state index contributed by atoms with van der Waals surface area (Å²) >= 11 is 0.876. The number of thioether (sulfide) groups is 1. The van der Waals surface area contributed by atoms with E-state index in [0.29, 0.717) is 0 Å². The highest BCUT2D eigenvalue weighted by Gasteiger charge is 2.16. The second-order valence-corrected chi connectivity index (χ2v) is 6.31. The summed E-state index contributed by atoms with van der Waals surface area (Å²) in [7, 11) is 0. The van der Waals surface area contributed by atoms with Gasteiger partial charge in [0.2, 0.25) is 0 Å². The number of carbonyl (C=O) groups excluding carboxylic acids is 1. The van der Waals surface area contributed by atoms with E-state index in [-0.39, 0.29) is 40.7 Å². The van der Waals surface area contributed by atoms with Crippen molar-refractivity contribution in [2.75, 3.05) is 5.94 Å². The highest BCUT2D eigenvalue weighted by atomic mass is 32.2. The number of fused-ring (bicyclic) bond motifs is 1. The van der Waals surface area contributed by atoms with Crippen LogP contribution in [0.3, 0.4) is 0 Å². The van der Waals surface area contributed by atoms with Gasteiger partial charge < -0.3 is 5.11 Å². The molecule has 7 heteroatoms. The normalized spacial score (nSPS) is 11.0. The standard InChI is InChI=1S/C18H15FN2O3S/c19-15-8-4-7-14-16(15)20-18(25-11-22)21(17(14)24)10-13(23)9-12-5-2-1-3-6-12/h1-8,22H,9-11H2. The fraction of sp³-hybridized carbons (Fsp3) is 0.167. The molecule has 2 aromatic carbocycles. The van der Waals surface area contributed by atoms with Crippen molar-refractivity contribution in [2.45, 2.75) is 18.1 Å². The summed E-state index contributed by atoms with van der Waals surface area (Å²) in [5.41, 5.74) is 0.286. The largest absolute Gasteiger partial charge is 0.385 e. The molecule has 0 aliphatic rings. The molecule has 0 spiro atoms. The van der Waals surface area contributed by atoms with Gasteiger partial charge in [0.15, 0.2) is 10.9 Å². The third-order valence-electron chi connectivity index (χ3n) is 3.67. The Labute approximate surface area is 147 Å². The number of benzene rings is 2. The van der Waals surface area contributed by atoms with Crippen molar-refractivity contribution in [3.8, 4) is 0 Å². The fourth-order valence-corrected chi connectivity index (χ4v) is 3.13. The molecule has 1 N–H and O–H groups in total. The van der Waals surface area contributed by atoms with E-state index >= 15 is 0 Å².